The summed E-state index contributed by atoms with van der Waals surface area (Å²) < 4.78 is 0. The molecule has 2 aliphatic rings. The molecular formula is C17H14N2O2. The van der Waals surface area contributed by atoms with Crippen LogP contribution in [-0.2, 0) is 9.59 Å². The molecule has 2 heterocycles. The second-order valence-corrected chi connectivity index (χ2v) is 5.48. The third-order valence-corrected chi connectivity index (χ3v) is 4.28. The number of hydrogen-bond donors (Lipinski definition) is 0. The van der Waals surface area contributed by atoms with Gasteiger partial charge in [-0.05, 0) is 17.2 Å². The number of carbonyl (C=O) groups excluding carboxylic acids is 2. The summed E-state index contributed by atoms with van der Waals surface area (Å²) in [6.07, 6.45) is 0. The van der Waals surface area contributed by atoms with Crippen LogP contribution in [0.1, 0.15) is 11.6 Å². The third-order valence-electron chi connectivity index (χ3n) is 4.28. The molecule has 1 fully saturated rings. The molecule has 4 heteroatoms. The Labute approximate surface area is 122 Å². The van der Waals surface area contributed by atoms with Crippen molar-refractivity contribution in [2.24, 2.45) is 0 Å². The molecule has 2 aromatic rings. The van der Waals surface area contributed by atoms with E-state index in [0.29, 0.717) is 6.54 Å². The minimum atomic E-state index is -0.448. The van der Waals surface area contributed by atoms with Crippen LogP contribution >= 0.6 is 0 Å². The minimum absolute atomic E-state index is 0.105. The summed E-state index contributed by atoms with van der Waals surface area (Å²) >= 11 is 0. The predicted molar refractivity (Wildman–Crippen MR) is 79.7 cm³/mol. The van der Waals surface area contributed by atoms with Gasteiger partial charge >= 0.3 is 11.8 Å². The normalized spacial score (nSPS) is 20.0. The first kappa shape index (κ1) is 12.1. The lowest BCUT2D eigenvalue weighted by Gasteiger charge is -2.43. The number of carbonyl (C=O) groups is 2. The Kier molecular flexibility index (Phi) is 2.42. The molecule has 1 atom stereocenters. The number of rotatable bonds is 0. The van der Waals surface area contributed by atoms with E-state index in [1.54, 1.807) is 11.9 Å². The van der Waals surface area contributed by atoms with E-state index in [4.69, 9.17) is 0 Å². The lowest BCUT2D eigenvalue weighted by atomic mass is 9.86. The van der Waals surface area contributed by atoms with Gasteiger partial charge in [0.1, 0.15) is 0 Å². The Morgan fingerprint density at radius 1 is 0.905 bits per heavy atom. The summed E-state index contributed by atoms with van der Waals surface area (Å²) in [5.41, 5.74) is 4.08. The zero-order valence-corrected chi connectivity index (χ0v) is 11.6. The number of hydrogen-bond acceptors (Lipinski definition) is 2. The first-order valence-corrected chi connectivity index (χ1v) is 6.95. The van der Waals surface area contributed by atoms with Gasteiger partial charge in [-0.15, -0.1) is 0 Å². The summed E-state index contributed by atoms with van der Waals surface area (Å²) in [7, 11) is 1.68. The Morgan fingerprint density at radius 3 is 2.38 bits per heavy atom. The van der Waals surface area contributed by atoms with Crippen LogP contribution < -0.4 is 4.90 Å². The van der Waals surface area contributed by atoms with Crippen molar-refractivity contribution in [3.8, 4) is 11.1 Å². The topological polar surface area (TPSA) is 40.6 Å². The second kappa shape index (κ2) is 4.19. The smallest absolute Gasteiger partial charge is 0.317 e. The highest BCUT2D eigenvalue weighted by Crippen LogP contribution is 2.45. The summed E-state index contributed by atoms with van der Waals surface area (Å²) in [4.78, 5) is 27.7. The zero-order valence-electron chi connectivity index (χ0n) is 11.6. The van der Waals surface area contributed by atoms with E-state index in [1.807, 2.05) is 42.5 Å². The molecule has 0 saturated carbocycles. The lowest BCUT2D eigenvalue weighted by molar-refractivity contribution is -0.146. The molecule has 4 nitrogen and oxygen atoms in total. The van der Waals surface area contributed by atoms with Crippen LogP contribution in [0.25, 0.3) is 11.1 Å². The van der Waals surface area contributed by atoms with Gasteiger partial charge in [0.05, 0.1) is 11.7 Å². The molecule has 2 aromatic carbocycles. The third kappa shape index (κ3) is 1.56. The summed E-state index contributed by atoms with van der Waals surface area (Å²) in [6.45, 7) is 0.524. The van der Waals surface area contributed by atoms with Gasteiger partial charge in [-0.1, -0.05) is 42.5 Å². The Bertz CT molecular complexity index is 769. The monoisotopic (exact) mass is 278 g/mol. The molecule has 0 bridgehead atoms. The first-order chi connectivity index (χ1) is 10.2. The van der Waals surface area contributed by atoms with Gasteiger partial charge in [0.2, 0.25) is 0 Å². The van der Waals surface area contributed by atoms with Crippen LogP contribution in [0.15, 0.2) is 48.5 Å². The molecule has 104 valence electrons. The minimum Gasteiger partial charge on any atom is -0.335 e. The molecule has 1 saturated heterocycles. The van der Waals surface area contributed by atoms with Gasteiger partial charge in [0.15, 0.2) is 0 Å². The van der Waals surface area contributed by atoms with E-state index in [2.05, 4.69) is 6.07 Å². The van der Waals surface area contributed by atoms with Crippen LogP contribution in [0.2, 0.25) is 0 Å². The molecule has 0 radical (unpaired) electrons. The van der Waals surface area contributed by atoms with Crippen molar-refractivity contribution in [2.45, 2.75) is 6.04 Å². The van der Waals surface area contributed by atoms with Crippen molar-refractivity contribution in [3.63, 3.8) is 0 Å². The number of para-hydroxylation sites is 1. The van der Waals surface area contributed by atoms with Gasteiger partial charge in [-0.2, -0.15) is 0 Å². The summed E-state index contributed by atoms with van der Waals surface area (Å²) in [5.74, 6) is -0.892. The maximum Gasteiger partial charge on any atom is 0.317 e. The fourth-order valence-corrected chi connectivity index (χ4v) is 3.29. The molecule has 0 aromatic heterocycles. The second-order valence-electron chi connectivity index (χ2n) is 5.48. The number of piperazine rings is 1. The number of fused-ring (bicyclic) bond motifs is 6. The Hall–Kier alpha value is -2.62. The summed E-state index contributed by atoms with van der Waals surface area (Å²) in [6, 6.07) is 15.8. The van der Waals surface area contributed by atoms with Crippen molar-refractivity contribution >= 4 is 17.5 Å². The van der Waals surface area contributed by atoms with Crippen molar-refractivity contribution in [3.05, 3.63) is 54.1 Å². The molecule has 0 unspecified atom stereocenters. The van der Waals surface area contributed by atoms with Crippen molar-refractivity contribution in [2.75, 3.05) is 18.5 Å². The Balaban J connectivity index is 2.00. The molecule has 2 aliphatic heterocycles. The fraction of sp³-hybridized carbons (Fsp3) is 0.176. The molecule has 0 aliphatic carbocycles. The number of nitrogens with zero attached hydrogens (tertiary/aromatic N) is 2. The van der Waals surface area contributed by atoms with E-state index >= 15 is 0 Å². The van der Waals surface area contributed by atoms with Crippen molar-refractivity contribution in [1.82, 2.24) is 4.90 Å². The van der Waals surface area contributed by atoms with E-state index in [0.717, 1.165) is 22.4 Å². The molecule has 0 spiro atoms. The maximum atomic E-state index is 12.5. The molecule has 21 heavy (non-hydrogen) atoms. The largest absolute Gasteiger partial charge is 0.335 e. The quantitative estimate of drug-likeness (QED) is 0.693. The van der Waals surface area contributed by atoms with Crippen molar-refractivity contribution < 1.29 is 9.59 Å². The standard InChI is InChI=1S/C17H14N2O2/c1-18-10-15-13-8-3-2-6-11(13)12-7-4-5-9-14(12)19(15)17(21)16(18)20/h2-9,15H,10H2,1H3/t15-/m1/s1. The van der Waals surface area contributed by atoms with Crippen LogP contribution in [0, 0.1) is 0 Å². The highest BCUT2D eigenvalue weighted by atomic mass is 16.2. The van der Waals surface area contributed by atoms with E-state index in [9.17, 15) is 9.59 Å². The van der Waals surface area contributed by atoms with E-state index in [1.165, 1.54) is 4.90 Å². The highest BCUT2D eigenvalue weighted by Gasteiger charge is 2.43. The SMILES string of the molecule is CN1C[C@@H]2c3ccccc3-c3ccccc3N2C(=O)C1=O. The number of anilines is 1. The van der Waals surface area contributed by atoms with Crippen LogP contribution in [0.5, 0.6) is 0 Å². The van der Waals surface area contributed by atoms with Crippen molar-refractivity contribution in [1.29, 1.82) is 0 Å². The number of benzene rings is 2. The van der Waals surface area contributed by atoms with Crippen LogP contribution in [-0.4, -0.2) is 30.3 Å². The number of likely N-dealkylation sites (N-methyl/N-ethyl adjacent to an activating group) is 1. The van der Waals surface area contributed by atoms with Gasteiger partial charge < -0.3 is 4.90 Å². The highest BCUT2D eigenvalue weighted by molar-refractivity contribution is 6.41. The van der Waals surface area contributed by atoms with Gasteiger partial charge in [-0.3, -0.25) is 14.5 Å². The van der Waals surface area contributed by atoms with E-state index < -0.39 is 11.8 Å². The van der Waals surface area contributed by atoms with E-state index in [-0.39, 0.29) is 6.04 Å². The molecule has 2 amide bonds. The predicted octanol–water partition coefficient (Wildman–Crippen LogP) is 2.21. The van der Waals surface area contributed by atoms with Gasteiger partial charge in [-0.25, -0.2) is 0 Å². The fourth-order valence-electron chi connectivity index (χ4n) is 3.29. The lowest BCUT2D eigenvalue weighted by Crippen LogP contribution is -2.55. The zero-order chi connectivity index (χ0) is 14.6. The Morgan fingerprint density at radius 2 is 1.57 bits per heavy atom. The average Bonchev–Trinajstić information content (AvgIpc) is 2.52. The first-order valence-electron chi connectivity index (χ1n) is 6.95. The maximum absolute atomic E-state index is 12.5. The van der Waals surface area contributed by atoms with Gasteiger partial charge in [0, 0.05) is 19.2 Å². The van der Waals surface area contributed by atoms with Crippen LogP contribution in [0.3, 0.4) is 0 Å². The van der Waals surface area contributed by atoms with Crippen LogP contribution in [0.4, 0.5) is 5.69 Å². The molecular weight excluding hydrogens is 264 g/mol. The average molecular weight is 278 g/mol. The molecule has 4 rings (SSSR count). The molecule has 0 N–H and O–H groups in total. The van der Waals surface area contributed by atoms with Gasteiger partial charge in [0.25, 0.3) is 0 Å². The summed E-state index contributed by atoms with van der Waals surface area (Å²) in [5, 5.41) is 0. The number of amides is 2.